The van der Waals surface area contributed by atoms with Crippen LogP contribution >= 0.6 is 0 Å². The lowest BCUT2D eigenvalue weighted by atomic mass is 9.62. The Hall–Kier alpha value is -1.83. The first-order valence-corrected chi connectivity index (χ1v) is 9.94. The van der Waals surface area contributed by atoms with Gasteiger partial charge < -0.3 is 4.74 Å². The van der Waals surface area contributed by atoms with Crippen LogP contribution in [0.3, 0.4) is 0 Å². The third-order valence-electron chi connectivity index (χ3n) is 6.99. The summed E-state index contributed by atoms with van der Waals surface area (Å²) in [6, 6.07) is 0. The molecule has 0 N–H and O–H groups in total. The molecule has 5 rings (SSSR count). The minimum absolute atomic E-state index is 0.233. The Bertz CT molecular complexity index is 774. The molecule has 0 spiro atoms. The zero-order chi connectivity index (χ0) is 17.0. The van der Waals surface area contributed by atoms with E-state index in [-0.39, 0.29) is 5.97 Å². The lowest BCUT2D eigenvalue weighted by Crippen LogP contribution is -2.31. The SMILES string of the molecule is CC(=O)OC1=CC2CCC3C(=C2C=C1)C=CC1=C2CCCC2CCC13. The highest BCUT2D eigenvalue weighted by Crippen LogP contribution is 2.53. The number of carbonyl (C=O) groups is 1. The molecule has 0 saturated heterocycles. The van der Waals surface area contributed by atoms with Gasteiger partial charge in [0.05, 0.1) is 0 Å². The maximum Gasteiger partial charge on any atom is 0.308 e. The molecular formula is C23H26O2. The van der Waals surface area contributed by atoms with Crippen LogP contribution < -0.4 is 0 Å². The highest BCUT2D eigenvalue weighted by Gasteiger charge is 2.40. The highest BCUT2D eigenvalue weighted by atomic mass is 16.5. The summed E-state index contributed by atoms with van der Waals surface area (Å²) >= 11 is 0. The second-order valence-electron chi connectivity index (χ2n) is 8.28. The van der Waals surface area contributed by atoms with Crippen molar-refractivity contribution in [1.82, 2.24) is 0 Å². The molecule has 5 aliphatic carbocycles. The molecule has 1 saturated carbocycles. The zero-order valence-corrected chi connectivity index (χ0v) is 15.0. The van der Waals surface area contributed by atoms with Crippen LogP contribution in [0.1, 0.15) is 51.9 Å². The molecule has 0 aromatic rings. The fourth-order valence-corrected chi connectivity index (χ4v) is 6.01. The first kappa shape index (κ1) is 15.4. The Kier molecular flexibility index (Phi) is 3.62. The molecule has 0 aromatic heterocycles. The van der Waals surface area contributed by atoms with E-state index in [1.807, 2.05) is 6.08 Å². The van der Waals surface area contributed by atoms with Crippen molar-refractivity contribution >= 4 is 5.97 Å². The third kappa shape index (κ3) is 2.49. The standard InChI is InChI=1S/C23H26O2/c1-14(24)25-17-7-10-19-16(13-17)6-9-23-21(19)12-11-20-18-4-2-3-15(18)5-8-22(20)23/h7,10-13,15-16,22-23H,2-6,8-9H2,1H3. The molecule has 0 amide bonds. The van der Waals surface area contributed by atoms with Gasteiger partial charge in [0.15, 0.2) is 0 Å². The molecule has 2 heteroatoms. The number of ether oxygens (including phenoxy) is 1. The van der Waals surface area contributed by atoms with Gasteiger partial charge in [-0.05, 0) is 91.6 Å². The van der Waals surface area contributed by atoms with Gasteiger partial charge >= 0.3 is 5.97 Å². The normalized spacial score (nSPS) is 35.6. The summed E-state index contributed by atoms with van der Waals surface area (Å²) in [6.07, 6.45) is 20.6. The van der Waals surface area contributed by atoms with Gasteiger partial charge in [-0.1, -0.05) is 23.8 Å². The summed E-state index contributed by atoms with van der Waals surface area (Å²) in [5.41, 5.74) is 6.52. The van der Waals surface area contributed by atoms with Gasteiger partial charge in [-0.25, -0.2) is 0 Å². The van der Waals surface area contributed by atoms with Gasteiger partial charge in [-0.3, -0.25) is 4.79 Å². The molecule has 0 aliphatic heterocycles. The van der Waals surface area contributed by atoms with E-state index in [1.54, 1.807) is 16.7 Å². The largest absolute Gasteiger partial charge is 0.427 e. The summed E-state index contributed by atoms with van der Waals surface area (Å²) in [6.45, 7) is 1.47. The molecule has 4 atom stereocenters. The number of allylic oxidation sites excluding steroid dienone is 9. The van der Waals surface area contributed by atoms with Crippen LogP contribution in [-0.2, 0) is 9.53 Å². The molecule has 130 valence electrons. The van der Waals surface area contributed by atoms with Crippen molar-refractivity contribution in [1.29, 1.82) is 0 Å². The van der Waals surface area contributed by atoms with E-state index in [4.69, 9.17) is 4.74 Å². The van der Waals surface area contributed by atoms with Crippen molar-refractivity contribution in [2.75, 3.05) is 0 Å². The van der Waals surface area contributed by atoms with Crippen LogP contribution in [0, 0.1) is 23.7 Å². The van der Waals surface area contributed by atoms with Gasteiger partial charge in [-0.2, -0.15) is 0 Å². The van der Waals surface area contributed by atoms with E-state index in [2.05, 4.69) is 24.3 Å². The average Bonchev–Trinajstić information content (AvgIpc) is 3.09. The second-order valence-corrected chi connectivity index (χ2v) is 8.28. The van der Waals surface area contributed by atoms with E-state index in [0.717, 1.165) is 11.8 Å². The van der Waals surface area contributed by atoms with Gasteiger partial charge in [0, 0.05) is 12.8 Å². The van der Waals surface area contributed by atoms with Crippen LogP contribution in [-0.4, -0.2) is 5.97 Å². The first-order chi connectivity index (χ1) is 12.2. The van der Waals surface area contributed by atoms with Gasteiger partial charge in [0.25, 0.3) is 0 Å². The molecule has 25 heavy (non-hydrogen) atoms. The van der Waals surface area contributed by atoms with Crippen molar-refractivity contribution in [3.05, 3.63) is 58.4 Å². The fourth-order valence-electron chi connectivity index (χ4n) is 6.01. The highest BCUT2D eigenvalue weighted by molar-refractivity contribution is 5.68. The lowest BCUT2D eigenvalue weighted by Gasteiger charge is -2.43. The minimum Gasteiger partial charge on any atom is -0.427 e. The van der Waals surface area contributed by atoms with Crippen LogP contribution in [0.4, 0.5) is 0 Å². The van der Waals surface area contributed by atoms with E-state index >= 15 is 0 Å². The summed E-state index contributed by atoms with van der Waals surface area (Å²) in [5, 5.41) is 0. The van der Waals surface area contributed by atoms with Crippen molar-refractivity contribution in [2.45, 2.75) is 51.9 Å². The van der Waals surface area contributed by atoms with Crippen molar-refractivity contribution in [3.8, 4) is 0 Å². The van der Waals surface area contributed by atoms with Crippen molar-refractivity contribution < 1.29 is 9.53 Å². The number of esters is 1. The molecule has 1 fully saturated rings. The molecular weight excluding hydrogens is 308 g/mol. The number of rotatable bonds is 1. The Morgan fingerprint density at radius 2 is 1.68 bits per heavy atom. The van der Waals surface area contributed by atoms with Crippen LogP contribution in [0.5, 0.6) is 0 Å². The molecule has 0 bridgehead atoms. The summed E-state index contributed by atoms with van der Waals surface area (Å²) < 4.78 is 5.30. The number of hydrogen-bond donors (Lipinski definition) is 0. The lowest BCUT2D eigenvalue weighted by molar-refractivity contribution is -0.136. The topological polar surface area (TPSA) is 26.3 Å². The summed E-state index contributed by atoms with van der Waals surface area (Å²) in [7, 11) is 0. The van der Waals surface area contributed by atoms with Crippen LogP contribution in [0.2, 0.25) is 0 Å². The van der Waals surface area contributed by atoms with E-state index < -0.39 is 0 Å². The number of hydrogen-bond acceptors (Lipinski definition) is 2. The molecule has 0 aromatic carbocycles. The Morgan fingerprint density at radius 3 is 2.56 bits per heavy atom. The van der Waals surface area contributed by atoms with Gasteiger partial charge in [-0.15, -0.1) is 0 Å². The fraction of sp³-hybridized carbons (Fsp3) is 0.522. The van der Waals surface area contributed by atoms with Gasteiger partial charge in [0.2, 0.25) is 0 Å². The van der Waals surface area contributed by atoms with Crippen LogP contribution in [0.15, 0.2) is 58.4 Å². The van der Waals surface area contributed by atoms with Crippen molar-refractivity contribution in [3.63, 3.8) is 0 Å². The Morgan fingerprint density at radius 1 is 0.920 bits per heavy atom. The van der Waals surface area contributed by atoms with Crippen molar-refractivity contribution in [2.24, 2.45) is 23.7 Å². The monoisotopic (exact) mass is 334 g/mol. The van der Waals surface area contributed by atoms with Gasteiger partial charge in [0.1, 0.15) is 5.76 Å². The quantitative estimate of drug-likeness (QED) is 0.600. The molecule has 4 unspecified atom stereocenters. The maximum atomic E-state index is 11.2. The Balaban J connectivity index is 1.51. The molecule has 0 heterocycles. The average molecular weight is 334 g/mol. The van der Waals surface area contributed by atoms with Crippen LogP contribution in [0.25, 0.3) is 0 Å². The maximum absolute atomic E-state index is 11.2. The number of carbonyl (C=O) groups excluding carboxylic acids is 1. The Labute approximate surface area is 150 Å². The zero-order valence-electron chi connectivity index (χ0n) is 15.0. The predicted octanol–water partition coefficient (Wildman–Crippen LogP) is 5.40. The van der Waals surface area contributed by atoms with E-state index in [9.17, 15) is 4.79 Å². The smallest absolute Gasteiger partial charge is 0.308 e. The summed E-state index contributed by atoms with van der Waals surface area (Å²) in [4.78, 5) is 11.2. The van der Waals surface area contributed by atoms with E-state index in [0.29, 0.717) is 17.6 Å². The molecule has 5 aliphatic rings. The number of fused-ring (bicyclic) bond motifs is 5. The second kappa shape index (κ2) is 5.86. The van der Waals surface area contributed by atoms with E-state index in [1.165, 1.54) is 57.4 Å². The summed E-state index contributed by atoms with van der Waals surface area (Å²) in [5.74, 6) is 3.24. The molecule has 0 radical (unpaired) electrons. The minimum atomic E-state index is -0.233. The molecule has 2 nitrogen and oxygen atoms in total. The first-order valence-electron chi connectivity index (χ1n) is 9.94. The third-order valence-corrected chi connectivity index (χ3v) is 6.99. The predicted molar refractivity (Wildman–Crippen MR) is 98.5 cm³/mol.